The molecule has 0 aromatic heterocycles. The first-order valence-electron chi connectivity index (χ1n) is 6.26. The van der Waals surface area contributed by atoms with Crippen molar-refractivity contribution >= 4 is 98.8 Å². The molecule has 0 fully saturated rings. The summed E-state index contributed by atoms with van der Waals surface area (Å²) in [6, 6.07) is 2.53. The van der Waals surface area contributed by atoms with Crippen LogP contribution in [0.15, 0.2) is 12.1 Å². The van der Waals surface area contributed by atoms with Crippen LogP contribution in [0.4, 0.5) is 0 Å². The first kappa shape index (κ1) is 22.1. The van der Waals surface area contributed by atoms with Crippen LogP contribution < -0.4 is 9.47 Å². The van der Waals surface area contributed by atoms with Crippen molar-refractivity contribution in [3.63, 3.8) is 0 Å². The van der Waals surface area contributed by atoms with E-state index in [2.05, 4.69) is 0 Å². The van der Waals surface area contributed by atoms with Gasteiger partial charge in [-0.15, -0.1) is 0 Å². The Morgan fingerprint density at radius 1 is 0.692 bits per heavy atom. The number of hydrogen-bond acceptors (Lipinski definition) is 3. The Kier molecular flexibility index (Phi) is 7.56. The molecule has 0 amide bonds. The lowest BCUT2D eigenvalue weighted by Crippen LogP contribution is -2.33. The second-order valence-corrected chi connectivity index (χ2v) is 7.64. The van der Waals surface area contributed by atoms with Crippen LogP contribution in [0.25, 0.3) is 0 Å². The smallest absolute Gasteiger partial charge is 0.387 e. The molecule has 2 rings (SSSR count). The van der Waals surface area contributed by atoms with Crippen LogP contribution in [0.2, 0.25) is 40.2 Å². The van der Waals surface area contributed by atoms with Gasteiger partial charge in [0.05, 0.1) is 20.1 Å². The van der Waals surface area contributed by atoms with Crippen molar-refractivity contribution in [2.24, 2.45) is 0 Å². The summed E-state index contributed by atoms with van der Waals surface area (Å²) in [5, 5.41) is 8.66. The number of carboxylic acids is 1. The first-order valence-corrected chi connectivity index (χ1v) is 9.29. The Bertz CT molecular complexity index is 768. The molecule has 0 spiro atoms. The van der Waals surface area contributed by atoms with Crippen LogP contribution in [-0.2, 0) is 4.79 Å². The zero-order valence-electron chi connectivity index (χ0n) is 11.9. The molecule has 2 aromatic carbocycles. The predicted molar refractivity (Wildman–Crippen MR) is 106 cm³/mol. The lowest BCUT2D eigenvalue weighted by Gasteiger charge is -2.20. The van der Waals surface area contributed by atoms with Crippen molar-refractivity contribution < 1.29 is 19.4 Å². The van der Waals surface area contributed by atoms with Crippen molar-refractivity contribution in [1.82, 2.24) is 0 Å². The fraction of sp³-hybridized carbons (Fsp3) is 0.0714. The average molecular weight is 520 g/mol. The highest BCUT2D eigenvalue weighted by Gasteiger charge is 2.29. The molecule has 0 radical (unpaired) electrons. The van der Waals surface area contributed by atoms with E-state index in [1.54, 1.807) is 0 Å². The van der Waals surface area contributed by atoms with Crippen LogP contribution >= 0.6 is 92.8 Å². The van der Waals surface area contributed by atoms with Gasteiger partial charge in [0.2, 0.25) is 0 Å². The Balaban J connectivity index is 2.47. The molecule has 0 saturated carbocycles. The number of hydrogen-bond donors (Lipinski definition) is 1. The molecule has 0 bridgehead atoms. The summed E-state index contributed by atoms with van der Waals surface area (Å²) < 4.78 is 10.5. The normalized spacial score (nSPS) is 11.0. The first-order chi connectivity index (χ1) is 12.0. The third-order valence-electron chi connectivity index (χ3n) is 2.79. The topological polar surface area (TPSA) is 55.8 Å². The largest absolute Gasteiger partial charge is 0.476 e. The van der Waals surface area contributed by atoms with Gasteiger partial charge in [-0.25, -0.2) is 4.79 Å². The second-order valence-electron chi connectivity index (χ2n) is 4.50. The van der Waals surface area contributed by atoms with E-state index in [0.29, 0.717) is 0 Å². The summed E-state index contributed by atoms with van der Waals surface area (Å²) in [5.41, 5.74) is 0. The molecular formula is C14H4Cl8O4. The fourth-order valence-electron chi connectivity index (χ4n) is 1.65. The third-order valence-corrected chi connectivity index (χ3v) is 5.87. The molecule has 0 heterocycles. The maximum absolute atomic E-state index is 11.5. The second kappa shape index (κ2) is 8.89. The molecule has 0 aliphatic carbocycles. The molecule has 1 N–H and O–H groups in total. The SMILES string of the molecule is O=C(O)C(Oc1c(Cl)c(Cl)cc(Cl)c1Cl)Oc1c(Cl)c(Cl)cc(Cl)c1Cl. The number of halogens is 8. The highest BCUT2D eigenvalue weighted by Crippen LogP contribution is 2.45. The van der Waals surface area contributed by atoms with Crippen molar-refractivity contribution in [3.05, 3.63) is 52.3 Å². The monoisotopic (exact) mass is 516 g/mol. The van der Waals surface area contributed by atoms with Gasteiger partial charge in [0.1, 0.15) is 20.1 Å². The highest BCUT2D eigenvalue weighted by atomic mass is 35.5. The van der Waals surface area contributed by atoms with E-state index in [1.807, 2.05) is 0 Å². The zero-order chi connectivity index (χ0) is 19.8. The van der Waals surface area contributed by atoms with Crippen molar-refractivity contribution in [2.45, 2.75) is 6.29 Å². The van der Waals surface area contributed by atoms with E-state index in [4.69, 9.17) is 102 Å². The summed E-state index contributed by atoms with van der Waals surface area (Å²) in [6.07, 6.45) is -1.98. The fourth-order valence-corrected chi connectivity index (χ4v) is 3.41. The number of carboxylic acid groups (broad SMARTS) is 1. The molecular weight excluding hydrogens is 516 g/mol. The summed E-state index contributed by atoms with van der Waals surface area (Å²) in [6.45, 7) is 0. The molecule has 140 valence electrons. The molecule has 0 aliphatic rings. The maximum atomic E-state index is 11.5. The van der Waals surface area contributed by atoms with E-state index >= 15 is 0 Å². The maximum Gasteiger partial charge on any atom is 0.387 e. The molecule has 4 nitrogen and oxygen atoms in total. The van der Waals surface area contributed by atoms with Crippen molar-refractivity contribution in [3.8, 4) is 11.5 Å². The molecule has 0 saturated heterocycles. The molecule has 2 aromatic rings. The van der Waals surface area contributed by atoms with E-state index in [1.165, 1.54) is 12.1 Å². The van der Waals surface area contributed by atoms with Crippen LogP contribution in [-0.4, -0.2) is 17.4 Å². The zero-order valence-corrected chi connectivity index (χ0v) is 18.0. The van der Waals surface area contributed by atoms with Crippen LogP contribution in [0.5, 0.6) is 11.5 Å². The summed E-state index contributed by atoms with van der Waals surface area (Å²) in [4.78, 5) is 11.5. The van der Waals surface area contributed by atoms with Gasteiger partial charge in [-0.1, -0.05) is 92.8 Å². The van der Waals surface area contributed by atoms with Crippen LogP contribution in [0, 0.1) is 0 Å². The van der Waals surface area contributed by atoms with Crippen molar-refractivity contribution in [2.75, 3.05) is 0 Å². The summed E-state index contributed by atoms with van der Waals surface area (Å²) in [5.74, 6) is -2.17. The highest BCUT2D eigenvalue weighted by molar-refractivity contribution is 6.49. The van der Waals surface area contributed by atoms with E-state index in [-0.39, 0.29) is 51.7 Å². The van der Waals surface area contributed by atoms with Crippen LogP contribution in [0.3, 0.4) is 0 Å². The number of ether oxygens (including phenoxy) is 2. The average Bonchev–Trinajstić information content (AvgIpc) is 2.56. The van der Waals surface area contributed by atoms with E-state index < -0.39 is 12.3 Å². The number of benzene rings is 2. The molecule has 0 atom stereocenters. The van der Waals surface area contributed by atoms with Gasteiger partial charge in [0.25, 0.3) is 0 Å². The molecule has 0 aliphatic heterocycles. The van der Waals surface area contributed by atoms with Gasteiger partial charge in [0.15, 0.2) is 11.5 Å². The Hall–Kier alpha value is -0.170. The van der Waals surface area contributed by atoms with Crippen LogP contribution in [0.1, 0.15) is 0 Å². The minimum atomic E-state index is -1.98. The number of aliphatic carboxylic acids is 1. The molecule has 26 heavy (non-hydrogen) atoms. The van der Waals surface area contributed by atoms with Gasteiger partial charge in [-0.05, 0) is 12.1 Å². The Morgan fingerprint density at radius 2 is 0.962 bits per heavy atom. The lowest BCUT2D eigenvalue weighted by molar-refractivity contribution is -0.158. The minimum absolute atomic E-state index is 0.0120. The standard InChI is InChI=1S/C14H4Cl8O4/c15-3-1-4(16)8(20)11(7(3)19)25-14(13(23)24)26-12-9(21)5(17)2-6(18)10(12)22/h1-2,14H,(H,23,24). The van der Waals surface area contributed by atoms with Gasteiger partial charge in [-0.2, -0.15) is 0 Å². The number of carbonyl (C=O) groups is 1. The molecule has 0 unspecified atom stereocenters. The summed E-state index contributed by atoms with van der Waals surface area (Å²) >= 11 is 47.5. The molecule has 12 heteroatoms. The van der Waals surface area contributed by atoms with E-state index in [9.17, 15) is 9.90 Å². The van der Waals surface area contributed by atoms with Crippen molar-refractivity contribution in [1.29, 1.82) is 0 Å². The number of rotatable bonds is 5. The van der Waals surface area contributed by atoms with Gasteiger partial charge >= 0.3 is 12.3 Å². The minimum Gasteiger partial charge on any atom is -0.476 e. The Labute approximate surface area is 187 Å². The van der Waals surface area contributed by atoms with E-state index in [0.717, 1.165) is 0 Å². The van der Waals surface area contributed by atoms with Gasteiger partial charge in [-0.3, -0.25) is 0 Å². The van der Waals surface area contributed by atoms with Gasteiger partial charge < -0.3 is 14.6 Å². The summed E-state index contributed by atoms with van der Waals surface area (Å²) in [7, 11) is 0. The predicted octanol–water partition coefficient (Wildman–Crippen LogP) is 7.78. The van der Waals surface area contributed by atoms with Gasteiger partial charge in [0, 0.05) is 0 Å². The Morgan fingerprint density at radius 3 is 1.19 bits per heavy atom. The lowest BCUT2D eigenvalue weighted by atomic mass is 10.3. The third kappa shape index (κ3) is 4.62. The quantitative estimate of drug-likeness (QED) is 0.324.